The fraction of sp³-hybridized carbons (Fsp3) is 0.629. The third-order valence-electron chi connectivity index (χ3n) is 11.3. The van der Waals surface area contributed by atoms with Crippen molar-refractivity contribution in [3.05, 3.63) is 122 Å². The molecule has 0 aromatic heterocycles. The van der Waals surface area contributed by atoms with Crippen molar-refractivity contribution in [2.24, 2.45) is 0 Å². The molecule has 1 atom stereocenters. The smallest absolute Gasteiger partial charge is 0.306 e. The number of hydrogen-bond donors (Lipinski definition) is 0. The molecule has 0 radical (unpaired) electrons. The van der Waals surface area contributed by atoms with Crippen LogP contribution in [-0.4, -0.2) is 37.2 Å². The van der Waals surface area contributed by atoms with Gasteiger partial charge >= 0.3 is 17.9 Å². The van der Waals surface area contributed by atoms with E-state index >= 15 is 0 Å². The molecule has 0 fully saturated rings. The zero-order chi connectivity index (χ0) is 49.3. The summed E-state index contributed by atoms with van der Waals surface area (Å²) in [5.41, 5.74) is 0. The first-order valence-electron chi connectivity index (χ1n) is 27.6. The Hall–Kier alpha value is -4.19. The van der Waals surface area contributed by atoms with Gasteiger partial charge in [-0.15, -0.1) is 0 Å². The molecule has 68 heavy (non-hydrogen) atoms. The van der Waals surface area contributed by atoms with E-state index in [-0.39, 0.29) is 37.5 Å². The lowest BCUT2D eigenvalue weighted by Crippen LogP contribution is -2.30. The maximum absolute atomic E-state index is 12.8. The number of esters is 3. The van der Waals surface area contributed by atoms with E-state index in [1.54, 1.807) is 0 Å². The van der Waals surface area contributed by atoms with E-state index in [2.05, 4.69) is 93.7 Å². The summed E-state index contributed by atoms with van der Waals surface area (Å²) in [7, 11) is 0. The predicted molar refractivity (Wildman–Crippen MR) is 293 cm³/mol. The Morgan fingerprint density at radius 2 is 0.676 bits per heavy atom. The third-order valence-corrected chi connectivity index (χ3v) is 11.3. The lowest BCUT2D eigenvalue weighted by Gasteiger charge is -2.18. The molecular weight excluding hydrogens is 841 g/mol. The molecule has 0 aromatic rings. The molecule has 0 saturated carbocycles. The minimum Gasteiger partial charge on any atom is -0.462 e. The van der Waals surface area contributed by atoms with Gasteiger partial charge in [0.05, 0.1) is 0 Å². The first kappa shape index (κ1) is 63.8. The van der Waals surface area contributed by atoms with Gasteiger partial charge in [0.1, 0.15) is 13.2 Å². The van der Waals surface area contributed by atoms with Gasteiger partial charge < -0.3 is 14.2 Å². The number of allylic oxidation sites excluding steroid dienone is 20. The number of unbranched alkanes of at least 4 members (excludes halogenated alkanes) is 20. The van der Waals surface area contributed by atoms with Crippen LogP contribution in [0.1, 0.15) is 233 Å². The van der Waals surface area contributed by atoms with E-state index in [0.717, 1.165) is 89.9 Å². The standard InChI is InChI=1S/C62H100O6/c1-4-7-10-13-16-19-22-25-27-29-31-33-34-37-40-43-46-49-52-55-61(64)67-58-59(57-66-60(63)54-51-48-45-42-39-36-24-21-18-15-12-9-6-3)68-62(65)56-53-50-47-44-41-38-35-32-30-28-26-23-20-17-14-11-8-5-2/h7,9-10,12,15-16,18-19,21,24-25,27,31,33,36-37,39-40,46,49,59H,4-6,8,11,13-14,17,20,22-23,26,28-30,32,34-35,38,41-45,47-48,50-58H2,1-3H3/b10-7+,12-9+,18-15+,19-16+,24-21+,27-25+,33-31+,39-36+,40-37+,49-46+. The van der Waals surface area contributed by atoms with E-state index in [1.165, 1.54) is 96.3 Å². The normalized spacial score (nSPS) is 13.0. The van der Waals surface area contributed by atoms with E-state index < -0.39 is 6.10 Å². The van der Waals surface area contributed by atoms with Crippen LogP contribution in [0.2, 0.25) is 0 Å². The highest BCUT2D eigenvalue weighted by Crippen LogP contribution is 2.15. The highest BCUT2D eigenvalue weighted by Gasteiger charge is 2.19. The molecule has 0 aliphatic heterocycles. The largest absolute Gasteiger partial charge is 0.462 e. The first-order valence-corrected chi connectivity index (χ1v) is 27.6. The maximum Gasteiger partial charge on any atom is 0.306 e. The fourth-order valence-electron chi connectivity index (χ4n) is 7.24. The summed E-state index contributed by atoms with van der Waals surface area (Å²) < 4.78 is 16.7. The van der Waals surface area contributed by atoms with Crippen molar-refractivity contribution in [1.29, 1.82) is 0 Å². The second-order valence-corrected chi connectivity index (χ2v) is 17.8. The number of carbonyl (C=O) groups is 3. The van der Waals surface area contributed by atoms with E-state index in [9.17, 15) is 14.4 Å². The van der Waals surface area contributed by atoms with Crippen molar-refractivity contribution in [2.75, 3.05) is 13.2 Å². The summed E-state index contributed by atoms with van der Waals surface area (Å²) >= 11 is 0. The quantitative estimate of drug-likeness (QED) is 0.0199. The fourth-order valence-corrected chi connectivity index (χ4v) is 7.24. The van der Waals surface area contributed by atoms with E-state index in [1.807, 2.05) is 48.6 Å². The van der Waals surface area contributed by atoms with Crippen LogP contribution >= 0.6 is 0 Å². The van der Waals surface area contributed by atoms with Crippen LogP contribution in [0.3, 0.4) is 0 Å². The SMILES string of the molecule is CC/C=C/C=C/C=C/C=C/CCCCCC(=O)OCC(COC(=O)CC/C=C/C/C=C/C/C=C/C/C=C/C/C=C/C/C=C/CC)OC(=O)CCCCCCCCCCCCCCCCCCCC. The molecule has 0 saturated heterocycles. The Balaban J connectivity index is 4.53. The Morgan fingerprint density at radius 3 is 1.13 bits per heavy atom. The maximum atomic E-state index is 12.8. The third kappa shape index (κ3) is 52.8. The van der Waals surface area contributed by atoms with Crippen LogP contribution in [0.4, 0.5) is 0 Å². The van der Waals surface area contributed by atoms with Crippen molar-refractivity contribution in [3.8, 4) is 0 Å². The molecule has 0 aliphatic carbocycles. The summed E-state index contributed by atoms with van der Waals surface area (Å²) in [4.78, 5) is 38.0. The van der Waals surface area contributed by atoms with E-state index in [0.29, 0.717) is 19.3 Å². The molecule has 0 heterocycles. The minimum absolute atomic E-state index is 0.123. The monoisotopic (exact) mass is 941 g/mol. The second-order valence-electron chi connectivity index (χ2n) is 17.8. The zero-order valence-corrected chi connectivity index (χ0v) is 43.8. The molecule has 0 aliphatic rings. The molecule has 0 N–H and O–H groups in total. The molecule has 6 nitrogen and oxygen atoms in total. The van der Waals surface area contributed by atoms with Gasteiger partial charge in [-0.1, -0.05) is 258 Å². The van der Waals surface area contributed by atoms with Gasteiger partial charge in [-0.3, -0.25) is 14.4 Å². The topological polar surface area (TPSA) is 78.9 Å². The van der Waals surface area contributed by atoms with Crippen LogP contribution < -0.4 is 0 Å². The lowest BCUT2D eigenvalue weighted by molar-refractivity contribution is -0.166. The van der Waals surface area contributed by atoms with Crippen LogP contribution in [0.25, 0.3) is 0 Å². The van der Waals surface area contributed by atoms with Gasteiger partial charge in [-0.25, -0.2) is 0 Å². The van der Waals surface area contributed by atoms with Crippen molar-refractivity contribution in [2.45, 2.75) is 239 Å². The second kappa shape index (κ2) is 55.4. The zero-order valence-electron chi connectivity index (χ0n) is 43.8. The molecule has 384 valence electrons. The summed E-state index contributed by atoms with van der Waals surface area (Å²) in [6.07, 6.45) is 76.3. The Bertz CT molecular complexity index is 1450. The number of ether oxygens (including phenoxy) is 3. The molecular formula is C62H100O6. The summed E-state index contributed by atoms with van der Waals surface area (Å²) in [6, 6.07) is 0. The lowest BCUT2D eigenvalue weighted by atomic mass is 10.0. The summed E-state index contributed by atoms with van der Waals surface area (Å²) in [5, 5.41) is 0. The summed E-state index contributed by atoms with van der Waals surface area (Å²) in [5.74, 6) is -1.05. The molecule has 0 amide bonds. The first-order chi connectivity index (χ1) is 33.5. The number of rotatable bonds is 48. The van der Waals surface area contributed by atoms with Gasteiger partial charge in [-0.2, -0.15) is 0 Å². The van der Waals surface area contributed by atoms with Crippen molar-refractivity contribution < 1.29 is 28.6 Å². The van der Waals surface area contributed by atoms with Crippen LogP contribution in [-0.2, 0) is 28.6 Å². The Morgan fingerprint density at radius 1 is 0.324 bits per heavy atom. The predicted octanol–water partition coefficient (Wildman–Crippen LogP) is 18.5. The van der Waals surface area contributed by atoms with Crippen molar-refractivity contribution >= 4 is 17.9 Å². The van der Waals surface area contributed by atoms with Crippen molar-refractivity contribution in [3.63, 3.8) is 0 Å². The van der Waals surface area contributed by atoms with Gasteiger partial charge in [0.2, 0.25) is 0 Å². The Kier molecular flexibility index (Phi) is 52.0. The van der Waals surface area contributed by atoms with Gasteiger partial charge in [0, 0.05) is 19.3 Å². The van der Waals surface area contributed by atoms with Crippen molar-refractivity contribution in [1.82, 2.24) is 0 Å². The molecule has 0 rings (SSSR count). The summed E-state index contributed by atoms with van der Waals surface area (Å²) in [6.45, 7) is 6.29. The minimum atomic E-state index is -0.826. The van der Waals surface area contributed by atoms with Crippen LogP contribution in [0.15, 0.2) is 122 Å². The highest BCUT2D eigenvalue weighted by atomic mass is 16.6. The molecule has 0 bridgehead atoms. The molecule has 6 heteroatoms. The van der Waals surface area contributed by atoms with Gasteiger partial charge in [-0.05, 0) is 77.0 Å². The Labute approximate surface area is 418 Å². The molecule has 0 aromatic carbocycles. The van der Waals surface area contributed by atoms with Crippen LogP contribution in [0.5, 0.6) is 0 Å². The van der Waals surface area contributed by atoms with Gasteiger partial charge in [0.15, 0.2) is 6.10 Å². The van der Waals surface area contributed by atoms with Crippen LogP contribution in [0, 0.1) is 0 Å². The number of carbonyl (C=O) groups excluding carboxylic acids is 3. The van der Waals surface area contributed by atoms with Gasteiger partial charge in [0.25, 0.3) is 0 Å². The van der Waals surface area contributed by atoms with E-state index in [4.69, 9.17) is 14.2 Å². The highest BCUT2D eigenvalue weighted by molar-refractivity contribution is 5.71. The average molecular weight is 941 g/mol. The molecule has 0 spiro atoms. The number of hydrogen-bond acceptors (Lipinski definition) is 6. The molecule has 1 unspecified atom stereocenters. The average Bonchev–Trinajstić information content (AvgIpc) is 3.34.